The fourth-order valence-corrected chi connectivity index (χ4v) is 5.93. The summed E-state index contributed by atoms with van der Waals surface area (Å²) in [7, 11) is 0. The highest BCUT2D eigenvalue weighted by Crippen LogP contribution is 2.41. The molecule has 0 spiro atoms. The molecule has 0 aromatic carbocycles. The summed E-state index contributed by atoms with van der Waals surface area (Å²) in [6.07, 6.45) is 2.22. The quantitative estimate of drug-likeness (QED) is 0.0629. The molecule has 2 fully saturated rings. The number of aromatic nitrogens is 1. The number of carboxylic acids is 3. The van der Waals surface area contributed by atoms with Gasteiger partial charge in [0.2, 0.25) is 12.4 Å². The third kappa shape index (κ3) is 8.16. The number of β-lactam (4-membered cyclic amide) rings is 1. The van der Waals surface area contributed by atoms with Crippen molar-refractivity contribution < 1.29 is 62.1 Å². The minimum atomic E-state index is -5.08. The Hall–Kier alpha value is -4.94. The van der Waals surface area contributed by atoms with Gasteiger partial charge in [0.05, 0.1) is 0 Å². The number of nitrogens with two attached hydrogens (primary N) is 1. The van der Waals surface area contributed by atoms with Gasteiger partial charge in [0.15, 0.2) is 10.8 Å². The molecule has 3 aliphatic heterocycles. The molecule has 1 aromatic rings. The van der Waals surface area contributed by atoms with Gasteiger partial charge >= 0.3 is 24.1 Å². The second-order valence-electron chi connectivity index (χ2n) is 8.89. The topological polar surface area (TPSA) is 251 Å². The molecule has 21 heteroatoms. The van der Waals surface area contributed by atoms with Gasteiger partial charge < -0.3 is 36.5 Å². The number of alkyl halides is 3. The predicted octanol–water partition coefficient (Wildman–Crippen LogP) is -0.607. The first-order chi connectivity index (χ1) is 21.1. The van der Waals surface area contributed by atoms with Crippen molar-refractivity contribution in [2.45, 2.75) is 30.1 Å². The standard InChI is InChI=1S/C22H20N6O8S2.C2HF3O2/c1-2-12(29)14-9(3-4-24-14)5-10-7-37-20-16(19(33)28(20)17(10)21(34)35)26-18(32)15(27-36-6-13(30)31)11-8-38-22(23)25-11;3-2(4,5)1(6)7/h1,5,8,14,16,20,24H,3-4,6-7H2,(H2,23,25)(H,26,32)(H,30,31)(H,34,35);(H,6,7)/b9-5+,27-15-;/t14?,16-,20-;/m1./s1. The Morgan fingerprint density at radius 3 is 2.49 bits per heavy atom. The zero-order chi connectivity index (χ0) is 33.6. The number of hydrogen-bond donors (Lipinski definition) is 6. The number of Topliss-reactive ketones (excluding diaryl/α,β-unsaturated/α-hetero) is 1. The van der Waals surface area contributed by atoms with E-state index in [9.17, 15) is 42.3 Å². The Morgan fingerprint density at radius 2 is 1.96 bits per heavy atom. The first-order valence-corrected chi connectivity index (χ1v) is 14.1. The van der Waals surface area contributed by atoms with Crippen molar-refractivity contribution >= 4 is 69.4 Å². The lowest BCUT2D eigenvalue weighted by Crippen LogP contribution is -2.71. The highest BCUT2D eigenvalue weighted by atomic mass is 32.2. The highest BCUT2D eigenvalue weighted by Gasteiger charge is 2.54. The molecule has 0 bridgehead atoms. The molecule has 0 radical (unpaired) electrons. The molecule has 2 amide bonds. The molecule has 2 saturated heterocycles. The maximum Gasteiger partial charge on any atom is 0.490 e. The lowest BCUT2D eigenvalue weighted by Gasteiger charge is -2.49. The van der Waals surface area contributed by atoms with Gasteiger partial charge in [-0.1, -0.05) is 11.2 Å². The third-order valence-electron chi connectivity index (χ3n) is 5.95. The molecule has 7 N–H and O–H groups in total. The number of thioether (sulfide) groups is 1. The van der Waals surface area contributed by atoms with Gasteiger partial charge in [0, 0.05) is 11.1 Å². The molecule has 45 heavy (non-hydrogen) atoms. The second kappa shape index (κ2) is 14.2. The number of oxime groups is 1. The number of nitrogen functional groups attached to an aromatic ring is 1. The van der Waals surface area contributed by atoms with E-state index in [-0.39, 0.29) is 22.3 Å². The molecule has 3 atom stereocenters. The number of rotatable bonds is 9. The van der Waals surface area contributed by atoms with Crippen LogP contribution in [0.25, 0.3) is 0 Å². The Kier molecular flexibility index (Phi) is 10.9. The number of carboxylic acid groups (broad SMARTS) is 3. The zero-order valence-electron chi connectivity index (χ0n) is 22.4. The summed E-state index contributed by atoms with van der Waals surface area (Å²) >= 11 is 2.23. The molecule has 240 valence electrons. The van der Waals surface area contributed by atoms with E-state index < -0.39 is 71.5 Å². The normalized spacial score (nSPS) is 22.0. The Bertz CT molecular complexity index is 1560. The molecule has 4 heterocycles. The summed E-state index contributed by atoms with van der Waals surface area (Å²) in [6, 6.07) is -1.81. The van der Waals surface area contributed by atoms with Crippen LogP contribution in [0, 0.1) is 12.3 Å². The van der Waals surface area contributed by atoms with E-state index in [1.165, 1.54) is 17.1 Å². The number of aliphatic carboxylic acids is 3. The average molecular weight is 675 g/mol. The van der Waals surface area contributed by atoms with E-state index in [1.54, 1.807) is 6.08 Å². The van der Waals surface area contributed by atoms with E-state index in [4.69, 9.17) is 27.2 Å². The molecule has 4 rings (SSSR count). The Balaban J connectivity index is 0.000000707. The molecule has 1 aromatic heterocycles. The number of amides is 2. The monoisotopic (exact) mass is 674 g/mol. The van der Waals surface area contributed by atoms with Crippen LogP contribution in [0.15, 0.2) is 33.5 Å². The summed E-state index contributed by atoms with van der Waals surface area (Å²) in [5.74, 6) is -5.20. The lowest BCUT2D eigenvalue weighted by atomic mass is 9.98. The summed E-state index contributed by atoms with van der Waals surface area (Å²) in [5, 5.41) is 35.6. The van der Waals surface area contributed by atoms with Gasteiger partial charge in [0.1, 0.15) is 28.8 Å². The van der Waals surface area contributed by atoms with Crippen LogP contribution in [0.5, 0.6) is 0 Å². The van der Waals surface area contributed by atoms with Crippen LogP contribution in [-0.2, 0) is 33.6 Å². The molecular weight excluding hydrogens is 653 g/mol. The maximum atomic E-state index is 13.0. The number of fused-ring (bicyclic) bond motifs is 1. The van der Waals surface area contributed by atoms with Crippen LogP contribution in [0.3, 0.4) is 0 Å². The minimum absolute atomic E-state index is 0.0107. The molecular formula is C24H21F3N6O10S2. The van der Waals surface area contributed by atoms with Crippen molar-refractivity contribution in [1.82, 2.24) is 20.5 Å². The van der Waals surface area contributed by atoms with E-state index >= 15 is 0 Å². The number of carbonyl (C=O) groups is 6. The number of carbonyl (C=O) groups excluding carboxylic acids is 3. The number of nitrogens with one attached hydrogen (secondary N) is 2. The molecule has 0 aliphatic carbocycles. The molecule has 0 saturated carbocycles. The number of ketones is 1. The third-order valence-corrected chi connectivity index (χ3v) is 7.93. The predicted molar refractivity (Wildman–Crippen MR) is 148 cm³/mol. The van der Waals surface area contributed by atoms with Crippen LogP contribution in [0.4, 0.5) is 18.3 Å². The lowest BCUT2D eigenvalue weighted by molar-refractivity contribution is -0.192. The minimum Gasteiger partial charge on any atom is -0.479 e. The fourth-order valence-electron chi connectivity index (χ4n) is 4.08. The van der Waals surface area contributed by atoms with Crippen molar-refractivity contribution in [1.29, 1.82) is 0 Å². The first kappa shape index (κ1) is 34.5. The Morgan fingerprint density at radius 1 is 1.29 bits per heavy atom. The smallest absolute Gasteiger partial charge is 0.479 e. The second-order valence-corrected chi connectivity index (χ2v) is 10.9. The summed E-state index contributed by atoms with van der Waals surface area (Å²) < 4.78 is 31.7. The number of nitrogens with zero attached hydrogens (tertiary/aromatic N) is 3. The van der Waals surface area contributed by atoms with Crippen LogP contribution in [-0.4, -0.2) is 109 Å². The number of anilines is 1. The first-order valence-electron chi connectivity index (χ1n) is 12.2. The van der Waals surface area contributed by atoms with E-state index in [0.717, 1.165) is 16.2 Å². The molecule has 1 unspecified atom stereocenters. The number of thiazole rings is 1. The summed E-state index contributed by atoms with van der Waals surface area (Å²) in [5.41, 5.74) is 5.94. The van der Waals surface area contributed by atoms with Gasteiger partial charge in [0.25, 0.3) is 11.8 Å². The van der Waals surface area contributed by atoms with E-state index in [0.29, 0.717) is 24.1 Å². The van der Waals surface area contributed by atoms with E-state index in [2.05, 4.69) is 31.5 Å². The number of terminal acetylenes is 1. The van der Waals surface area contributed by atoms with Crippen LogP contribution < -0.4 is 16.4 Å². The van der Waals surface area contributed by atoms with Gasteiger partial charge in [-0.15, -0.1) is 29.5 Å². The van der Waals surface area contributed by atoms with Crippen molar-refractivity contribution in [2.75, 3.05) is 24.6 Å². The average Bonchev–Trinajstić information content (AvgIpc) is 3.61. The fraction of sp³-hybridized carbons (Fsp3) is 0.333. The maximum absolute atomic E-state index is 13.0. The zero-order valence-corrected chi connectivity index (χ0v) is 24.0. The van der Waals surface area contributed by atoms with Gasteiger partial charge in [-0.05, 0) is 30.0 Å². The van der Waals surface area contributed by atoms with Crippen LogP contribution >= 0.6 is 23.1 Å². The Labute approximate surface area is 258 Å². The number of allylic oxidation sites excluding steroid dienone is 1. The van der Waals surface area contributed by atoms with Crippen molar-refractivity contribution in [3.05, 3.63) is 34.0 Å². The van der Waals surface area contributed by atoms with Crippen molar-refractivity contribution in [3.63, 3.8) is 0 Å². The largest absolute Gasteiger partial charge is 0.490 e. The van der Waals surface area contributed by atoms with Crippen molar-refractivity contribution in [3.8, 4) is 12.3 Å². The number of halogens is 3. The van der Waals surface area contributed by atoms with Gasteiger partial charge in [-0.2, -0.15) is 13.2 Å². The van der Waals surface area contributed by atoms with Gasteiger partial charge in [-0.3, -0.25) is 19.3 Å². The van der Waals surface area contributed by atoms with Crippen LogP contribution in [0.2, 0.25) is 0 Å². The summed E-state index contributed by atoms with van der Waals surface area (Å²) in [4.78, 5) is 79.5. The molecule has 3 aliphatic rings. The van der Waals surface area contributed by atoms with E-state index in [1.807, 2.05) is 0 Å². The van der Waals surface area contributed by atoms with Crippen molar-refractivity contribution in [2.24, 2.45) is 5.16 Å². The van der Waals surface area contributed by atoms with Crippen LogP contribution in [0.1, 0.15) is 12.1 Å². The SMILES string of the molecule is C#CC(=O)C1NCC/C1=C\C1=C(C(=O)O)N2C(=O)[C@@H](NC(=O)/C(=N\OCC(=O)O)c3csc(N)n3)[C@H]2SC1.O=C(O)C(F)(F)F. The van der Waals surface area contributed by atoms with Gasteiger partial charge in [-0.25, -0.2) is 19.4 Å². The summed E-state index contributed by atoms with van der Waals surface area (Å²) in [6.45, 7) is -0.323. The molecule has 16 nitrogen and oxygen atoms in total. The number of hydrogen-bond acceptors (Lipinski definition) is 13. The highest BCUT2D eigenvalue weighted by molar-refractivity contribution is 8.00.